The normalized spacial score (nSPS) is 18.5. The first-order valence-electron chi connectivity index (χ1n) is 8.86. The molecule has 0 bridgehead atoms. The molecule has 1 amide bonds. The zero-order chi connectivity index (χ0) is 19.7. The number of rotatable bonds is 5. The third-order valence-corrected chi connectivity index (χ3v) is 5.05. The molecule has 6 nitrogen and oxygen atoms in total. The SMILES string of the molecule is COc1ccc([C@H]2[C@H](c3ccccc3)C(=O)N2c2ccc([N+](=O)[O-])cc2)cc1. The highest BCUT2D eigenvalue weighted by molar-refractivity contribution is 6.06. The predicted molar refractivity (Wildman–Crippen MR) is 106 cm³/mol. The van der Waals surface area contributed by atoms with E-state index in [9.17, 15) is 14.9 Å². The second-order valence-electron chi connectivity index (χ2n) is 6.59. The molecule has 1 saturated heterocycles. The van der Waals surface area contributed by atoms with Gasteiger partial charge in [0.05, 0.1) is 24.0 Å². The highest BCUT2D eigenvalue weighted by Crippen LogP contribution is 2.49. The smallest absolute Gasteiger partial charge is 0.269 e. The van der Waals surface area contributed by atoms with Gasteiger partial charge in [-0.25, -0.2) is 0 Å². The molecule has 0 N–H and O–H groups in total. The lowest BCUT2D eigenvalue weighted by atomic mass is 9.77. The number of methoxy groups -OCH3 is 1. The van der Waals surface area contributed by atoms with Gasteiger partial charge in [0.1, 0.15) is 5.75 Å². The summed E-state index contributed by atoms with van der Waals surface area (Å²) in [5.41, 5.74) is 2.57. The van der Waals surface area contributed by atoms with E-state index >= 15 is 0 Å². The Labute approximate surface area is 162 Å². The van der Waals surface area contributed by atoms with Crippen molar-refractivity contribution >= 4 is 17.3 Å². The van der Waals surface area contributed by atoms with Crippen molar-refractivity contribution in [3.05, 3.63) is 100 Å². The fourth-order valence-electron chi connectivity index (χ4n) is 3.64. The summed E-state index contributed by atoms with van der Waals surface area (Å²) >= 11 is 0. The number of amides is 1. The van der Waals surface area contributed by atoms with Crippen molar-refractivity contribution in [1.29, 1.82) is 0 Å². The maximum Gasteiger partial charge on any atom is 0.269 e. The highest BCUT2D eigenvalue weighted by Gasteiger charge is 2.49. The van der Waals surface area contributed by atoms with Crippen LogP contribution in [0.1, 0.15) is 23.1 Å². The first-order valence-corrected chi connectivity index (χ1v) is 8.86. The average molecular weight is 374 g/mol. The number of non-ortho nitro benzene ring substituents is 1. The van der Waals surface area contributed by atoms with Gasteiger partial charge in [0.2, 0.25) is 5.91 Å². The van der Waals surface area contributed by atoms with Crippen LogP contribution in [-0.4, -0.2) is 17.9 Å². The quantitative estimate of drug-likeness (QED) is 0.375. The van der Waals surface area contributed by atoms with Crippen molar-refractivity contribution in [2.45, 2.75) is 12.0 Å². The molecule has 1 aliphatic heterocycles. The lowest BCUT2D eigenvalue weighted by molar-refractivity contribution is -0.384. The number of carbonyl (C=O) groups excluding carboxylic acids is 1. The first kappa shape index (κ1) is 17.7. The third-order valence-electron chi connectivity index (χ3n) is 5.05. The van der Waals surface area contributed by atoms with Crippen LogP contribution in [-0.2, 0) is 4.79 Å². The Kier molecular flexibility index (Phi) is 4.53. The van der Waals surface area contributed by atoms with E-state index in [1.165, 1.54) is 12.1 Å². The number of nitrogens with zero attached hydrogens (tertiary/aromatic N) is 2. The highest BCUT2D eigenvalue weighted by atomic mass is 16.6. The Morgan fingerprint density at radius 3 is 2.11 bits per heavy atom. The van der Waals surface area contributed by atoms with E-state index in [4.69, 9.17) is 4.74 Å². The van der Waals surface area contributed by atoms with Crippen LogP contribution in [0.25, 0.3) is 0 Å². The molecule has 0 aliphatic carbocycles. The lowest BCUT2D eigenvalue weighted by Crippen LogP contribution is -2.53. The zero-order valence-electron chi connectivity index (χ0n) is 15.2. The van der Waals surface area contributed by atoms with Crippen molar-refractivity contribution < 1.29 is 14.5 Å². The summed E-state index contributed by atoms with van der Waals surface area (Å²) < 4.78 is 5.24. The Hall–Kier alpha value is -3.67. The van der Waals surface area contributed by atoms with Crippen LogP contribution in [0.3, 0.4) is 0 Å². The number of anilines is 1. The number of benzene rings is 3. The van der Waals surface area contributed by atoms with Gasteiger partial charge in [0.15, 0.2) is 0 Å². The monoisotopic (exact) mass is 374 g/mol. The molecule has 6 heteroatoms. The largest absolute Gasteiger partial charge is 0.497 e. The van der Waals surface area contributed by atoms with E-state index < -0.39 is 4.92 Å². The van der Waals surface area contributed by atoms with Crippen LogP contribution >= 0.6 is 0 Å². The Balaban J connectivity index is 1.74. The number of carbonyl (C=O) groups is 1. The first-order chi connectivity index (χ1) is 13.6. The van der Waals surface area contributed by atoms with Crippen molar-refractivity contribution in [3.8, 4) is 5.75 Å². The molecule has 3 aromatic rings. The number of hydrogen-bond donors (Lipinski definition) is 0. The van der Waals surface area contributed by atoms with E-state index in [-0.39, 0.29) is 23.6 Å². The minimum atomic E-state index is -0.449. The van der Waals surface area contributed by atoms with Gasteiger partial charge < -0.3 is 9.64 Å². The summed E-state index contributed by atoms with van der Waals surface area (Å²) in [6.45, 7) is 0. The standard InChI is InChI=1S/C22H18N2O4/c1-28-19-13-7-16(8-14-19)21-20(15-5-3-2-4-6-15)22(25)23(21)17-9-11-18(12-10-17)24(26)27/h2-14,20-21H,1H3/t20-,21-/m0/s1. The molecule has 2 atom stereocenters. The van der Waals surface area contributed by atoms with E-state index in [0.29, 0.717) is 5.69 Å². The lowest BCUT2D eigenvalue weighted by Gasteiger charge is -2.47. The Bertz CT molecular complexity index is 1000. The van der Waals surface area contributed by atoms with Gasteiger partial charge in [-0.15, -0.1) is 0 Å². The Morgan fingerprint density at radius 1 is 0.893 bits per heavy atom. The molecule has 0 unspecified atom stereocenters. The van der Waals surface area contributed by atoms with E-state index in [0.717, 1.165) is 16.9 Å². The molecule has 4 rings (SSSR count). The second kappa shape index (κ2) is 7.15. The molecule has 0 radical (unpaired) electrons. The summed E-state index contributed by atoms with van der Waals surface area (Å²) in [6, 6.07) is 23.2. The fraction of sp³-hybridized carbons (Fsp3) is 0.136. The Morgan fingerprint density at radius 2 is 1.54 bits per heavy atom. The van der Waals surface area contributed by atoms with Crippen LogP contribution < -0.4 is 9.64 Å². The summed E-state index contributed by atoms with van der Waals surface area (Å²) in [6.07, 6.45) is 0. The van der Waals surface area contributed by atoms with Crippen LogP contribution in [0.15, 0.2) is 78.9 Å². The van der Waals surface area contributed by atoms with Crippen LogP contribution in [0.4, 0.5) is 11.4 Å². The zero-order valence-corrected chi connectivity index (χ0v) is 15.2. The van der Waals surface area contributed by atoms with Gasteiger partial charge in [0, 0.05) is 17.8 Å². The molecule has 0 aromatic heterocycles. The molecule has 28 heavy (non-hydrogen) atoms. The number of nitro groups is 1. The maximum absolute atomic E-state index is 13.1. The van der Waals surface area contributed by atoms with Gasteiger partial charge in [-0.3, -0.25) is 14.9 Å². The van der Waals surface area contributed by atoms with Crippen LogP contribution in [0.5, 0.6) is 5.75 Å². The van der Waals surface area contributed by atoms with E-state index in [1.807, 2.05) is 54.6 Å². The number of β-lactam (4-membered cyclic amide) rings is 1. The summed E-state index contributed by atoms with van der Waals surface area (Å²) in [5.74, 6) is 0.415. The molecular formula is C22H18N2O4. The predicted octanol–water partition coefficient (Wildman–Crippen LogP) is 4.48. The topological polar surface area (TPSA) is 72.7 Å². The van der Waals surface area contributed by atoms with Crippen LogP contribution in [0.2, 0.25) is 0 Å². The maximum atomic E-state index is 13.1. The fourth-order valence-corrected chi connectivity index (χ4v) is 3.64. The van der Waals surface area contributed by atoms with Gasteiger partial charge in [0.25, 0.3) is 5.69 Å². The average Bonchev–Trinajstić information content (AvgIpc) is 2.73. The van der Waals surface area contributed by atoms with Gasteiger partial charge in [-0.05, 0) is 35.4 Å². The van der Waals surface area contributed by atoms with Crippen molar-refractivity contribution in [2.24, 2.45) is 0 Å². The van der Waals surface area contributed by atoms with Gasteiger partial charge in [-0.1, -0.05) is 42.5 Å². The minimum absolute atomic E-state index is 0.00247. The number of nitro benzene ring substituents is 1. The molecule has 0 spiro atoms. The molecule has 140 valence electrons. The molecule has 1 fully saturated rings. The van der Waals surface area contributed by atoms with Crippen molar-refractivity contribution in [2.75, 3.05) is 12.0 Å². The molecule has 1 aliphatic rings. The minimum Gasteiger partial charge on any atom is -0.497 e. The summed E-state index contributed by atoms with van der Waals surface area (Å²) in [4.78, 5) is 25.2. The molecule has 3 aromatic carbocycles. The van der Waals surface area contributed by atoms with Crippen LogP contribution in [0, 0.1) is 10.1 Å². The molecule has 1 heterocycles. The molecular weight excluding hydrogens is 356 g/mol. The van der Waals surface area contributed by atoms with Crippen molar-refractivity contribution in [3.63, 3.8) is 0 Å². The summed E-state index contributed by atoms with van der Waals surface area (Å²) in [7, 11) is 1.61. The summed E-state index contributed by atoms with van der Waals surface area (Å²) in [5, 5.41) is 10.9. The molecule has 0 saturated carbocycles. The van der Waals surface area contributed by atoms with Crippen molar-refractivity contribution in [1.82, 2.24) is 0 Å². The second-order valence-corrected chi connectivity index (χ2v) is 6.59. The van der Waals surface area contributed by atoms with Gasteiger partial charge in [-0.2, -0.15) is 0 Å². The van der Waals surface area contributed by atoms with E-state index in [2.05, 4.69) is 0 Å². The number of hydrogen-bond acceptors (Lipinski definition) is 4. The van der Waals surface area contributed by atoms with E-state index in [1.54, 1.807) is 24.1 Å². The van der Waals surface area contributed by atoms with Gasteiger partial charge >= 0.3 is 0 Å². The number of ether oxygens (including phenoxy) is 1. The third kappa shape index (κ3) is 2.99.